The molecular weight excluding hydrogens is 421 g/mol. The van der Waals surface area contributed by atoms with Gasteiger partial charge in [0, 0.05) is 42.3 Å². The lowest BCUT2D eigenvalue weighted by Crippen LogP contribution is -2.28. The van der Waals surface area contributed by atoms with Crippen molar-refractivity contribution in [2.75, 3.05) is 5.73 Å². The van der Waals surface area contributed by atoms with Gasteiger partial charge >= 0.3 is 0 Å². The first-order chi connectivity index (χ1) is 15.9. The summed E-state index contributed by atoms with van der Waals surface area (Å²) >= 11 is 0. The molecule has 5 aromatic rings. The van der Waals surface area contributed by atoms with E-state index in [0.717, 1.165) is 0 Å². The van der Waals surface area contributed by atoms with Crippen LogP contribution in [0.15, 0.2) is 61.2 Å². The Morgan fingerprint density at radius 3 is 2.64 bits per heavy atom. The minimum Gasteiger partial charge on any atom is -0.379 e. The highest BCUT2D eigenvalue weighted by Gasteiger charge is 2.32. The van der Waals surface area contributed by atoms with E-state index in [2.05, 4.69) is 25.0 Å². The number of aromatic amines is 1. The van der Waals surface area contributed by atoms with Gasteiger partial charge in [-0.1, -0.05) is 37.3 Å². The first kappa shape index (κ1) is 20.8. The number of aromatic nitrogens is 6. The van der Waals surface area contributed by atoms with E-state index < -0.39 is 11.4 Å². The van der Waals surface area contributed by atoms with Crippen molar-refractivity contribution >= 4 is 17.0 Å². The van der Waals surface area contributed by atoms with Crippen molar-refractivity contribution in [1.82, 2.24) is 29.7 Å². The minimum absolute atomic E-state index is 0.0172. The Labute approximate surface area is 189 Å². The molecule has 1 unspecified atom stereocenters. The van der Waals surface area contributed by atoms with Crippen LogP contribution in [0.25, 0.3) is 33.4 Å². The van der Waals surface area contributed by atoms with Crippen LogP contribution in [0, 0.1) is 5.82 Å². The summed E-state index contributed by atoms with van der Waals surface area (Å²) < 4.78 is 17.3. The molecule has 1 atom stereocenters. The number of fused-ring (bicyclic) bond motifs is 1. The van der Waals surface area contributed by atoms with E-state index in [-0.39, 0.29) is 11.3 Å². The summed E-state index contributed by atoms with van der Waals surface area (Å²) in [5.74, 6) is -0.465. The van der Waals surface area contributed by atoms with Crippen LogP contribution >= 0.6 is 0 Å². The number of pyridine rings is 1. The Balaban J connectivity index is 1.69. The van der Waals surface area contributed by atoms with Crippen molar-refractivity contribution < 1.29 is 9.50 Å². The summed E-state index contributed by atoms with van der Waals surface area (Å²) in [6.45, 7) is 1.86. The van der Waals surface area contributed by atoms with Gasteiger partial charge in [-0.3, -0.25) is 4.68 Å². The predicted octanol–water partition coefficient (Wildman–Crippen LogP) is 3.79. The maximum Gasteiger partial charge on any atom is 0.220 e. The average Bonchev–Trinajstić information content (AvgIpc) is 3.46. The molecule has 5 rings (SSSR count). The minimum atomic E-state index is -1.38. The zero-order valence-electron chi connectivity index (χ0n) is 18.1. The molecule has 4 heterocycles. The molecule has 0 aliphatic heterocycles. The van der Waals surface area contributed by atoms with Crippen molar-refractivity contribution in [3.05, 3.63) is 78.3 Å². The van der Waals surface area contributed by atoms with Crippen molar-refractivity contribution in [2.45, 2.75) is 18.9 Å². The number of H-pyrrole nitrogens is 1. The number of aryl methyl sites for hydroxylation is 1. The fraction of sp³-hybridized carbons (Fsp3) is 0.167. The number of aliphatic hydroxyl groups is 1. The van der Waals surface area contributed by atoms with Gasteiger partial charge in [-0.15, -0.1) is 0 Å². The van der Waals surface area contributed by atoms with Gasteiger partial charge in [-0.2, -0.15) is 5.10 Å². The lowest BCUT2D eigenvalue weighted by atomic mass is 9.87. The van der Waals surface area contributed by atoms with E-state index >= 15 is 4.39 Å². The molecule has 0 fully saturated rings. The monoisotopic (exact) mass is 443 g/mol. The normalized spacial score (nSPS) is 13.3. The fourth-order valence-corrected chi connectivity index (χ4v) is 4.08. The molecule has 0 saturated carbocycles. The molecule has 0 aliphatic rings. The molecule has 0 aliphatic carbocycles. The Morgan fingerprint density at radius 2 is 1.94 bits per heavy atom. The van der Waals surface area contributed by atoms with Crippen LogP contribution in [0.5, 0.6) is 0 Å². The van der Waals surface area contributed by atoms with E-state index in [4.69, 9.17) is 5.73 Å². The molecule has 0 saturated heterocycles. The first-order valence-corrected chi connectivity index (χ1v) is 10.5. The van der Waals surface area contributed by atoms with E-state index in [1.807, 2.05) is 37.3 Å². The fourth-order valence-electron chi connectivity index (χ4n) is 4.08. The average molecular weight is 443 g/mol. The van der Waals surface area contributed by atoms with Crippen LogP contribution in [-0.2, 0) is 12.6 Å². The van der Waals surface area contributed by atoms with Gasteiger partial charge < -0.3 is 15.8 Å². The third-order valence-corrected chi connectivity index (χ3v) is 5.86. The lowest BCUT2D eigenvalue weighted by molar-refractivity contribution is 0.0720. The number of anilines is 1. The zero-order chi connectivity index (χ0) is 23.2. The second kappa shape index (κ2) is 7.79. The molecule has 166 valence electrons. The van der Waals surface area contributed by atoms with Crippen molar-refractivity contribution in [3.63, 3.8) is 0 Å². The molecule has 1 aromatic carbocycles. The summed E-state index contributed by atoms with van der Waals surface area (Å²) in [6, 6.07) is 10.9. The van der Waals surface area contributed by atoms with Gasteiger partial charge in [-0.25, -0.2) is 19.3 Å². The van der Waals surface area contributed by atoms with Crippen molar-refractivity contribution in [3.8, 4) is 22.4 Å². The quantitative estimate of drug-likeness (QED) is 0.380. The van der Waals surface area contributed by atoms with E-state index in [1.54, 1.807) is 36.4 Å². The van der Waals surface area contributed by atoms with Gasteiger partial charge in [0.1, 0.15) is 17.1 Å². The van der Waals surface area contributed by atoms with Crippen LogP contribution in [0.2, 0.25) is 0 Å². The van der Waals surface area contributed by atoms with Crippen LogP contribution in [0.3, 0.4) is 0 Å². The number of rotatable bonds is 5. The molecule has 0 spiro atoms. The molecule has 0 amide bonds. The number of nitrogen functional groups attached to an aromatic ring is 1. The highest BCUT2D eigenvalue weighted by atomic mass is 19.1. The topological polar surface area (TPSA) is 119 Å². The maximum atomic E-state index is 15.7. The van der Waals surface area contributed by atoms with E-state index in [9.17, 15) is 5.11 Å². The van der Waals surface area contributed by atoms with Crippen LogP contribution in [0.4, 0.5) is 10.3 Å². The van der Waals surface area contributed by atoms with E-state index in [1.165, 1.54) is 6.20 Å². The zero-order valence-corrected chi connectivity index (χ0v) is 18.1. The Kier molecular flexibility index (Phi) is 4.90. The number of nitrogens with zero attached hydrogens (tertiary/aromatic N) is 5. The van der Waals surface area contributed by atoms with Crippen LogP contribution in [0.1, 0.15) is 24.6 Å². The van der Waals surface area contributed by atoms with Crippen LogP contribution in [-0.4, -0.2) is 34.8 Å². The van der Waals surface area contributed by atoms with Gasteiger partial charge in [0.25, 0.3) is 0 Å². The summed E-state index contributed by atoms with van der Waals surface area (Å²) in [4.78, 5) is 16.0. The highest BCUT2D eigenvalue weighted by Crippen LogP contribution is 2.37. The SMILES string of the molecule is CCC(O)(c1ccccc1)c1cc(-c2c[nH]c3ncc(-c4cnn(C)c4)c(F)c23)nc(N)n1. The largest absolute Gasteiger partial charge is 0.379 e. The number of benzene rings is 1. The predicted molar refractivity (Wildman–Crippen MR) is 123 cm³/mol. The van der Waals surface area contributed by atoms with E-state index in [0.29, 0.717) is 45.7 Å². The Hall–Kier alpha value is -4.11. The molecule has 9 heteroatoms. The van der Waals surface area contributed by atoms with Crippen LogP contribution < -0.4 is 5.73 Å². The number of nitrogens with two attached hydrogens (primary N) is 1. The van der Waals surface area contributed by atoms with Crippen molar-refractivity contribution in [1.29, 1.82) is 0 Å². The summed E-state index contributed by atoms with van der Waals surface area (Å²) in [6.07, 6.45) is 6.77. The van der Waals surface area contributed by atoms with Gasteiger partial charge in [0.05, 0.1) is 23.0 Å². The molecule has 4 aromatic heterocycles. The van der Waals surface area contributed by atoms with Crippen molar-refractivity contribution in [2.24, 2.45) is 7.05 Å². The third-order valence-electron chi connectivity index (χ3n) is 5.86. The number of hydrogen-bond donors (Lipinski definition) is 3. The third kappa shape index (κ3) is 3.42. The van der Waals surface area contributed by atoms with Gasteiger partial charge in [0.15, 0.2) is 0 Å². The first-order valence-electron chi connectivity index (χ1n) is 10.5. The highest BCUT2D eigenvalue weighted by molar-refractivity contribution is 5.95. The molecular formula is C24H22FN7O. The number of halogens is 1. The molecule has 8 nitrogen and oxygen atoms in total. The lowest BCUT2D eigenvalue weighted by Gasteiger charge is -2.27. The molecule has 0 bridgehead atoms. The molecule has 33 heavy (non-hydrogen) atoms. The summed E-state index contributed by atoms with van der Waals surface area (Å²) in [5, 5.41) is 15.9. The Morgan fingerprint density at radius 1 is 1.15 bits per heavy atom. The standard InChI is InChI=1S/C24H22FN7O/c1-3-24(33,15-7-5-4-6-8-15)19-9-18(30-23(26)31-19)17-12-28-22-20(17)21(25)16(11-27-22)14-10-29-32(2)13-14/h4-13,33H,3H2,1-2H3,(H,27,28)(H2,26,30,31). The number of nitrogens with one attached hydrogen (secondary N) is 1. The number of hydrogen-bond acceptors (Lipinski definition) is 6. The van der Waals surface area contributed by atoms with Gasteiger partial charge in [0.2, 0.25) is 5.95 Å². The second-order valence-corrected chi connectivity index (χ2v) is 7.89. The smallest absolute Gasteiger partial charge is 0.220 e. The maximum absolute atomic E-state index is 15.7. The van der Waals surface area contributed by atoms with Gasteiger partial charge in [-0.05, 0) is 18.1 Å². The summed E-state index contributed by atoms with van der Waals surface area (Å²) in [5.41, 5.74) is 7.86. The molecule has 4 N–H and O–H groups in total. The summed E-state index contributed by atoms with van der Waals surface area (Å²) in [7, 11) is 1.77. The second-order valence-electron chi connectivity index (χ2n) is 7.89. The molecule has 0 radical (unpaired) electrons. The Bertz CT molecular complexity index is 1460.